The van der Waals surface area contributed by atoms with Crippen LogP contribution in [0.3, 0.4) is 0 Å². The summed E-state index contributed by atoms with van der Waals surface area (Å²) in [5.74, 6) is 0.0216. The minimum atomic E-state index is 0.0216. The molecule has 1 aromatic carbocycles. The van der Waals surface area contributed by atoms with Gasteiger partial charge in [0.2, 0.25) is 0 Å². The monoisotopic (exact) mass is 311 g/mol. The first-order chi connectivity index (χ1) is 10.8. The average Bonchev–Trinajstić information content (AvgIpc) is 3.10. The van der Waals surface area contributed by atoms with E-state index in [1.807, 2.05) is 24.3 Å². The van der Waals surface area contributed by atoms with E-state index in [2.05, 4.69) is 28.2 Å². The number of carbonyl (C=O) groups is 1. The fraction of sp³-hybridized carbons (Fsp3) is 0.316. The minimum absolute atomic E-state index is 0.0216. The van der Waals surface area contributed by atoms with Crippen LogP contribution in [0.4, 0.5) is 0 Å². The van der Waals surface area contributed by atoms with Crippen molar-refractivity contribution in [3.8, 4) is 11.1 Å². The second-order valence-electron chi connectivity index (χ2n) is 5.70. The predicted molar refractivity (Wildman–Crippen MR) is 93.3 cm³/mol. The van der Waals surface area contributed by atoms with Gasteiger partial charge in [0.05, 0.1) is 0 Å². The predicted octanol–water partition coefficient (Wildman–Crippen LogP) is 5.04. The quantitative estimate of drug-likeness (QED) is 0.770. The summed E-state index contributed by atoms with van der Waals surface area (Å²) in [4.78, 5) is 12.2. The van der Waals surface area contributed by atoms with Gasteiger partial charge in [0.1, 0.15) is 0 Å². The summed E-state index contributed by atoms with van der Waals surface area (Å²) >= 11 is 1.68. The number of hydrogen-bond acceptors (Lipinski definition) is 2. The average molecular weight is 311 g/mol. The minimum Gasteiger partial charge on any atom is -0.352 e. The van der Waals surface area contributed by atoms with Gasteiger partial charge in [-0.1, -0.05) is 23.8 Å². The highest BCUT2D eigenvalue weighted by Crippen LogP contribution is 2.22. The zero-order valence-corrected chi connectivity index (χ0v) is 13.5. The largest absolute Gasteiger partial charge is 0.352 e. The van der Waals surface area contributed by atoms with Gasteiger partial charge in [-0.2, -0.15) is 11.3 Å². The van der Waals surface area contributed by atoms with Crippen molar-refractivity contribution >= 4 is 17.2 Å². The number of hydrogen-bond donors (Lipinski definition) is 1. The zero-order chi connectivity index (χ0) is 15.2. The molecule has 1 aromatic heterocycles. The van der Waals surface area contributed by atoms with Crippen LogP contribution >= 0.6 is 11.3 Å². The summed E-state index contributed by atoms with van der Waals surface area (Å²) in [6.07, 6.45) is 8.33. The Bertz CT molecular complexity index is 641. The molecule has 1 aliphatic rings. The Morgan fingerprint density at radius 3 is 2.64 bits per heavy atom. The highest BCUT2D eigenvalue weighted by atomic mass is 32.1. The molecule has 0 bridgehead atoms. The number of amides is 1. The van der Waals surface area contributed by atoms with E-state index in [0.717, 1.165) is 24.1 Å². The summed E-state index contributed by atoms with van der Waals surface area (Å²) in [6, 6.07) is 9.93. The highest BCUT2D eigenvalue weighted by Gasteiger charge is 2.07. The summed E-state index contributed by atoms with van der Waals surface area (Å²) in [5.41, 5.74) is 4.60. The molecule has 22 heavy (non-hydrogen) atoms. The van der Waals surface area contributed by atoms with Crippen LogP contribution in [0, 0.1) is 0 Å². The fourth-order valence-electron chi connectivity index (χ4n) is 2.81. The summed E-state index contributed by atoms with van der Waals surface area (Å²) < 4.78 is 0. The number of rotatable bonds is 5. The van der Waals surface area contributed by atoms with Crippen molar-refractivity contribution in [1.29, 1.82) is 0 Å². The Morgan fingerprint density at radius 2 is 1.95 bits per heavy atom. The second kappa shape index (κ2) is 7.41. The van der Waals surface area contributed by atoms with Crippen LogP contribution in [-0.4, -0.2) is 12.5 Å². The van der Waals surface area contributed by atoms with E-state index in [0.29, 0.717) is 0 Å². The molecular formula is C19H21NOS. The lowest BCUT2D eigenvalue weighted by Gasteiger charge is -2.13. The normalized spacial score (nSPS) is 14.5. The van der Waals surface area contributed by atoms with E-state index in [1.54, 1.807) is 11.3 Å². The molecular weight excluding hydrogens is 290 g/mol. The van der Waals surface area contributed by atoms with E-state index >= 15 is 0 Å². The van der Waals surface area contributed by atoms with Crippen LogP contribution in [0.25, 0.3) is 11.1 Å². The molecule has 0 saturated carbocycles. The lowest BCUT2D eigenvalue weighted by Crippen LogP contribution is -2.24. The lowest BCUT2D eigenvalue weighted by molar-refractivity contribution is 0.0954. The van der Waals surface area contributed by atoms with Crippen LogP contribution in [0.2, 0.25) is 0 Å². The molecule has 0 fully saturated rings. The van der Waals surface area contributed by atoms with Gasteiger partial charge in [-0.05, 0) is 72.2 Å². The van der Waals surface area contributed by atoms with Crippen molar-refractivity contribution in [3.05, 3.63) is 58.3 Å². The first kappa shape index (κ1) is 15.0. The van der Waals surface area contributed by atoms with Gasteiger partial charge in [0, 0.05) is 12.1 Å². The molecule has 3 heteroatoms. The third kappa shape index (κ3) is 3.86. The first-order valence-corrected chi connectivity index (χ1v) is 8.86. The topological polar surface area (TPSA) is 29.1 Å². The second-order valence-corrected chi connectivity index (χ2v) is 6.48. The summed E-state index contributed by atoms with van der Waals surface area (Å²) in [6.45, 7) is 0.733. The Labute approximate surface area is 135 Å². The molecule has 1 amide bonds. The van der Waals surface area contributed by atoms with Gasteiger partial charge in [-0.3, -0.25) is 4.79 Å². The Kier molecular flexibility index (Phi) is 5.07. The summed E-state index contributed by atoms with van der Waals surface area (Å²) in [7, 11) is 0. The van der Waals surface area contributed by atoms with E-state index in [9.17, 15) is 4.79 Å². The maximum absolute atomic E-state index is 12.2. The maximum atomic E-state index is 12.2. The van der Waals surface area contributed by atoms with Crippen LogP contribution < -0.4 is 5.32 Å². The van der Waals surface area contributed by atoms with Crippen LogP contribution in [0.5, 0.6) is 0 Å². The SMILES string of the molecule is O=C(NCCC1=CCCCC1)c1ccc(-c2ccsc2)cc1. The summed E-state index contributed by atoms with van der Waals surface area (Å²) in [5, 5.41) is 7.21. The van der Waals surface area contributed by atoms with Crippen LogP contribution in [-0.2, 0) is 0 Å². The zero-order valence-electron chi connectivity index (χ0n) is 12.7. The molecule has 0 radical (unpaired) electrons. The van der Waals surface area contributed by atoms with E-state index in [4.69, 9.17) is 0 Å². The highest BCUT2D eigenvalue weighted by molar-refractivity contribution is 7.08. The molecule has 1 heterocycles. The Hall–Kier alpha value is -1.87. The third-order valence-corrected chi connectivity index (χ3v) is 4.80. The molecule has 3 rings (SSSR count). The molecule has 0 atom stereocenters. The lowest BCUT2D eigenvalue weighted by atomic mass is 9.97. The van der Waals surface area contributed by atoms with Gasteiger partial charge in [-0.25, -0.2) is 0 Å². The van der Waals surface area contributed by atoms with E-state index < -0.39 is 0 Å². The smallest absolute Gasteiger partial charge is 0.251 e. The van der Waals surface area contributed by atoms with Gasteiger partial charge < -0.3 is 5.32 Å². The van der Waals surface area contributed by atoms with Crippen molar-refractivity contribution in [2.24, 2.45) is 0 Å². The molecule has 0 unspecified atom stereocenters. The number of allylic oxidation sites excluding steroid dienone is 1. The van der Waals surface area contributed by atoms with Crippen molar-refractivity contribution < 1.29 is 4.79 Å². The molecule has 0 aliphatic heterocycles. The molecule has 2 aromatic rings. The number of thiophene rings is 1. The molecule has 1 aliphatic carbocycles. The number of carbonyl (C=O) groups excluding carboxylic acids is 1. The Balaban J connectivity index is 1.52. The third-order valence-electron chi connectivity index (χ3n) is 4.12. The molecule has 1 N–H and O–H groups in total. The molecule has 114 valence electrons. The standard InChI is InChI=1S/C19H21NOS/c21-19(20-12-10-15-4-2-1-3-5-15)17-8-6-16(7-9-17)18-11-13-22-14-18/h4,6-9,11,13-14H,1-3,5,10,12H2,(H,20,21). The van der Waals surface area contributed by atoms with Crippen LogP contribution in [0.1, 0.15) is 42.5 Å². The van der Waals surface area contributed by atoms with E-state index in [1.165, 1.54) is 36.8 Å². The first-order valence-electron chi connectivity index (χ1n) is 7.92. The van der Waals surface area contributed by atoms with Gasteiger partial charge in [0.15, 0.2) is 0 Å². The van der Waals surface area contributed by atoms with Crippen molar-refractivity contribution in [2.45, 2.75) is 32.1 Å². The molecule has 0 saturated heterocycles. The van der Waals surface area contributed by atoms with Crippen molar-refractivity contribution in [1.82, 2.24) is 5.32 Å². The van der Waals surface area contributed by atoms with Crippen LogP contribution in [0.15, 0.2) is 52.7 Å². The van der Waals surface area contributed by atoms with Gasteiger partial charge in [-0.15, -0.1) is 0 Å². The molecule has 2 nitrogen and oxygen atoms in total. The van der Waals surface area contributed by atoms with Gasteiger partial charge in [0.25, 0.3) is 5.91 Å². The van der Waals surface area contributed by atoms with Gasteiger partial charge >= 0.3 is 0 Å². The number of benzene rings is 1. The fourth-order valence-corrected chi connectivity index (χ4v) is 3.48. The molecule has 0 spiro atoms. The van der Waals surface area contributed by atoms with Crippen molar-refractivity contribution in [2.75, 3.05) is 6.54 Å². The van der Waals surface area contributed by atoms with Crippen molar-refractivity contribution in [3.63, 3.8) is 0 Å². The van der Waals surface area contributed by atoms with E-state index in [-0.39, 0.29) is 5.91 Å². The maximum Gasteiger partial charge on any atom is 0.251 e. The number of nitrogens with one attached hydrogen (secondary N) is 1. The Morgan fingerprint density at radius 1 is 1.09 bits per heavy atom.